The van der Waals surface area contributed by atoms with Crippen LogP contribution in [0.5, 0.6) is 0 Å². The highest BCUT2D eigenvalue weighted by molar-refractivity contribution is 5.99. The minimum Gasteiger partial charge on any atom is -0.347 e. The summed E-state index contributed by atoms with van der Waals surface area (Å²) in [5.74, 6) is 0.133. The van der Waals surface area contributed by atoms with Crippen molar-refractivity contribution in [3.63, 3.8) is 0 Å². The van der Waals surface area contributed by atoms with Crippen LogP contribution in [0.15, 0.2) is 37.3 Å². The minimum atomic E-state index is -0.157. The smallest absolute Gasteiger partial charge is 0.257 e. The van der Waals surface area contributed by atoms with Crippen LogP contribution in [-0.4, -0.2) is 36.1 Å². The number of carbonyl (C=O) groups excluding carboxylic acids is 1. The maximum atomic E-state index is 12.6. The Morgan fingerprint density at radius 2 is 2.17 bits per heavy atom. The Bertz CT molecular complexity index is 805. The maximum absolute atomic E-state index is 12.6. The van der Waals surface area contributed by atoms with Crippen LogP contribution in [-0.2, 0) is 6.54 Å². The van der Waals surface area contributed by atoms with Crippen LogP contribution in [0.1, 0.15) is 29.8 Å². The number of aromatic nitrogens is 5. The molecule has 0 aromatic carbocycles. The summed E-state index contributed by atoms with van der Waals surface area (Å²) in [6.45, 7) is 6.78. The van der Waals surface area contributed by atoms with Gasteiger partial charge in [-0.2, -0.15) is 5.10 Å². The molecule has 3 aromatic rings. The molecule has 3 heterocycles. The molecule has 0 saturated carbocycles. The molecule has 1 atom stereocenters. The van der Waals surface area contributed by atoms with Gasteiger partial charge in [-0.15, -0.1) is 0 Å². The molecular formula is C16H20N6O. The number of imidazole rings is 1. The van der Waals surface area contributed by atoms with E-state index < -0.39 is 0 Å². The summed E-state index contributed by atoms with van der Waals surface area (Å²) in [6, 6.07) is -0.00269. The van der Waals surface area contributed by atoms with Gasteiger partial charge >= 0.3 is 0 Å². The maximum Gasteiger partial charge on any atom is 0.257 e. The predicted molar refractivity (Wildman–Crippen MR) is 86.0 cm³/mol. The number of hydrogen-bond donors (Lipinski definition) is 1. The van der Waals surface area contributed by atoms with Crippen LogP contribution < -0.4 is 5.32 Å². The predicted octanol–water partition coefficient (Wildman–Crippen LogP) is 1.69. The Morgan fingerprint density at radius 3 is 2.87 bits per heavy atom. The van der Waals surface area contributed by atoms with Crippen molar-refractivity contribution in [2.24, 2.45) is 5.92 Å². The van der Waals surface area contributed by atoms with Crippen molar-refractivity contribution in [1.82, 2.24) is 29.5 Å². The topological polar surface area (TPSA) is 77.1 Å². The van der Waals surface area contributed by atoms with Gasteiger partial charge in [-0.1, -0.05) is 13.8 Å². The largest absolute Gasteiger partial charge is 0.347 e. The molecule has 3 rings (SSSR count). The van der Waals surface area contributed by atoms with E-state index in [0.29, 0.717) is 23.7 Å². The molecule has 23 heavy (non-hydrogen) atoms. The zero-order valence-corrected chi connectivity index (χ0v) is 13.5. The fourth-order valence-corrected chi connectivity index (χ4v) is 2.42. The van der Waals surface area contributed by atoms with E-state index in [1.54, 1.807) is 29.4 Å². The second-order valence-electron chi connectivity index (χ2n) is 6.04. The Hall–Kier alpha value is -2.70. The molecular weight excluding hydrogens is 292 g/mol. The summed E-state index contributed by atoms with van der Waals surface area (Å²) in [7, 11) is 0. The van der Waals surface area contributed by atoms with E-state index in [1.807, 2.05) is 23.9 Å². The lowest BCUT2D eigenvalue weighted by Gasteiger charge is -2.22. The molecule has 1 N–H and O–H groups in total. The quantitative estimate of drug-likeness (QED) is 0.778. The monoisotopic (exact) mass is 312 g/mol. The van der Waals surface area contributed by atoms with Crippen molar-refractivity contribution in [3.05, 3.63) is 48.4 Å². The van der Waals surface area contributed by atoms with Crippen molar-refractivity contribution in [1.29, 1.82) is 0 Å². The molecule has 3 aromatic heterocycles. The zero-order chi connectivity index (χ0) is 16.4. The third-order valence-electron chi connectivity index (χ3n) is 3.82. The highest BCUT2D eigenvalue weighted by Crippen LogP contribution is 2.11. The van der Waals surface area contributed by atoms with E-state index in [4.69, 9.17) is 0 Å². The lowest BCUT2D eigenvalue weighted by molar-refractivity contribution is 0.0922. The molecule has 1 unspecified atom stereocenters. The van der Waals surface area contributed by atoms with Gasteiger partial charge in [-0.3, -0.25) is 4.79 Å². The first-order chi connectivity index (χ1) is 11.0. The first kappa shape index (κ1) is 15.2. The summed E-state index contributed by atoms with van der Waals surface area (Å²) >= 11 is 0. The molecule has 7 nitrogen and oxygen atoms in total. The number of amides is 1. The van der Waals surface area contributed by atoms with Gasteiger partial charge in [-0.25, -0.2) is 14.5 Å². The molecule has 120 valence electrons. The van der Waals surface area contributed by atoms with Gasteiger partial charge < -0.3 is 9.88 Å². The van der Waals surface area contributed by atoms with Gasteiger partial charge in [-0.05, 0) is 18.4 Å². The highest BCUT2D eigenvalue weighted by atomic mass is 16.1. The molecule has 0 saturated heterocycles. The van der Waals surface area contributed by atoms with Crippen molar-refractivity contribution in [2.75, 3.05) is 0 Å². The van der Waals surface area contributed by atoms with Crippen molar-refractivity contribution in [2.45, 2.75) is 33.4 Å². The van der Waals surface area contributed by atoms with Crippen LogP contribution in [0.25, 0.3) is 5.65 Å². The van der Waals surface area contributed by atoms with Crippen LogP contribution in [0.4, 0.5) is 0 Å². The molecule has 0 aliphatic carbocycles. The standard InChI is InChI=1S/C16H20N6O/c1-11(2)14(9-21-5-4-17-10-21)20-16(23)13-7-19-22-8-12(3)6-18-15(13)22/h4-8,10-11,14H,9H2,1-3H3,(H,20,23). The Kier molecular flexibility index (Phi) is 4.10. The average molecular weight is 312 g/mol. The third-order valence-corrected chi connectivity index (χ3v) is 3.82. The van der Waals surface area contributed by atoms with E-state index >= 15 is 0 Å². The molecule has 7 heteroatoms. The van der Waals surface area contributed by atoms with Gasteiger partial charge in [0.2, 0.25) is 0 Å². The van der Waals surface area contributed by atoms with Gasteiger partial charge in [0.05, 0.1) is 12.5 Å². The normalized spacial score (nSPS) is 12.7. The summed E-state index contributed by atoms with van der Waals surface area (Å²) in [4.78, 5) is 21.0. The summed E-state index contributed by atoms with van der Waals surface area (Å²) in [6.07, 6.45) is 10.5. The number of fused-ring (bicyclic) bond motifs is 1. The van der Waals surface area contributed by atoms with Crippen molar-refractivity contribution >= 4 is 11.6 Å². The minimum absolute atomic E-state index is 0.00269. The van der Waals surface area contributed by atoms with Crippen LogP contribution >= 0.6 is 0 Å². The molecule has 0 spiro atoms. The number of aryl methyl sites for hydroxylation is 1. The van der Waals surface area contributed by atoms with Gasteiger partial charge in [0.15, 0.2) is 5.65 Å². The van der Waals surface area contributed by atoms with E-state index in [-0.39, 0.29) is 11.9 Å². The fraction of sp³-hybridized carbons (Fsp3) is 0.375. The Labute approximate surface area is 134 Å². The van der Waals surface area contributed by atoms with Crippen LogP contribution in [0.3, 0.4) is 0 Å². The van der Waals surface area contributed by atoms with E-state index in [0.717, 1.165) is 5.56 Å². The van der Waals surface area contributed by atoms with E-state index in [2.05, 4.69) is 34.2 Å². The fourth-order valence-electron chi connectivity index (χ4n) is 2.42. The van der Waals surface area contributed by atoms with Crippen molar-refractivity contribution < 1.29 is 4.79 Å². The number of rotatable bonds is 5. The number of carbonyl (C=O) groups is 1. The first-order valence-corrected chi connectivity index (χ1v) is 7.61. The lowest BCUT2D eigenvalue weighted by Crippen LogP contribution is -2.41. The SMILES string of the molecule is Cc1cnc2c(C(=O)NC(Cn3ccnc3)C(C)C)cnn2c1. The lowest BCUT2D eigenvalue weighted by atomic mass is 10.0. The number of nitrogens with one attached hydrogen (secondary N) is 1. The summed E-state index contributed by atoms with van der Waals surface area (Å²) < 4.78 is 3.59. The van der Waals surface area contributed by atoms with E-state index in [1.165, 1.54) is 0 Å². The van der Waals surface area contributed by atoms with Gasteiger partial charge in [0, 0.05) is 37.4 Å². The number of nitrogens with zero attached hydrogens (tertiary/aromatic N) is 5. The second-order valence-corrected chi connectivity index (χ2v) is 6.04. The summed E-state index contributed by atoms with van der Waals surface area (Å²) in [5.41, 5.74) is 2.05. The van der Waals surface area contributed by atoms with Crippen LogP contribution in [0.2, 0.25) is 0 Å². The Morgan fingerprint density at radius 1 is 1.35 bits per heavy atom. The molecule has 0 aliphatic heterocycles. The highest BCUT2D eigenvalue weighted by Gasteiger charge is 2.20. The van der Waals surface area contributed by atoms with E-state index in [9.17, 15) is 4.79 Å². The molecule has 0 radical (unpaired) electrons. The van der Waals surface area contributed by atoms with Crippen LogP contribution in [0, 0.1) is 12.8 Å². The Balaban J connectivity index is 1.80. The van der Waals surface area contributed by atoms with Gasteiger partial charge in [0.25, 0.3) is 5.91 Å². The first-order valence-electron chi connectivity index (χ1n) is 7.61. The zero-order valence-electron chi connectivity index (χ0n) is 13.5. The average Bonchev–Trinajstić information content (AvgIpc) is 3.14. The van der Waals surface area contributed by atoms with Crippen molar-refractivity contribution in [3.8, 4) is 0 Å². The van der Waals surface area contributed by atoms with Gasteiger partial charge in [0.1, 0.15) is 5.56 Å². The number of hydrogen-bond acceptors (Lipinski definition) is 4. The molecule has 1 amide bonds. The molecule has 0 bridgehead atoms. The third kappa shape index (κ3) is 3.23. The second kappa shape index (κ2) is 6.20. The molecule has 0 fully saturated rings. The summed E-state index contributed by atoms with van der Waals surface area (Å²) in [5, 5.41) is 7.29. The molecule has 0 aliphatic rings.